The number of carbonyl (C=O) groups is 1. The molecule has 1 amide bonds. The van der Waals surface area contributed by atoms with Gasteiger partial charge in [-0.05, 0) is 25.0 Å². The number of amides is 1. The molecule has 1 heterocycles. The lowest BCUT2D eigenvalue weighted by Crippen LogP contribution is -2.56. The van der Waals surface area contributed by atoms with Gasteiger partial charge in [-0.3, -0.25) is 4.79 Å². The first-order valence-corrected chi connectivity index (χ1v) is 8.07. The Bertz CT molecular complexity index is 652. The lowest BCUT2D eigenvalue weighted by Gasteiger charge is -2.45. The van der Waals surface area contributed by atoms with Crippen molar-refractivity contribution in [2.75, 3.05) is 13.2 Å². The number of rotatable bonds is 3. The second kappa shape index (κ2) is 6.55. The highest BCUT2D eigenvalue weighted by Gasteiger charge is 2.38. The van der Waals surface area contributed by atoms with Crippen LogP contribution in [0, 0.1) is 0 Å². The van der Waals surface area contributed by atoms with Crippen molar-refractivity contribution < 1.29 is 9.53 Å². The van der Waals surface area contributed by atoms with E-state index in [1.807, 2.05) is 53.4 Å². The average Bonchev–Trinajstić information content (AvgIpc) is 2.56. The van der Waals surface area contributed by atoms with Gasteiger partial charge in [-0.1, -0.05) is 60.7 Å². The van der Waals surface area contributed by atoms with Crippen LogP contribution in [0.1, 0.15) is 31.1 Å². The van der Waals surface area contributed by atoms with Gasteiger partial charge < -0.3 is 9.64 Å². The Kier molecular flexibility index (Phi) is 4.49. The van der Waals surface area contributed by atoms with Crippen molar-refractivity contribution in [2.24, 2.45) is 0 Å². The Labute approximate surface area is 137 Å². The Balaban J connectivity index is 1.76. The molecular formula is C20H23NO2. The largest absolute Gasteiger partial charge is 0.369 e. The fraction of sp³-hybridized carbons (Fsp3) is 0.350. The Morgan fingerprint density at radius 3 is 2.35 bits per heavy atom. The molecule has 0 aromatic heterocycles. The van der Waals surface area contributed by atoms with Gasteiger partial charge in [0.25, 0.3) is 0 Å². The van der Waals surface area contributed by atoms with Crippen LogP contribution in [-0.4, -0.2) is 29.5 Å². The standard InChI is InChI=1S/C20H23NO2/c1-20(2)15-23-18(17-11-7-4-8-12-17)14-21(20)19(22)13-16-9-5-3-6-10-16/h3-12,18H,13-15H2,1-2H3. The Morgan fingerprint density at radius 1 is 1.09 bits per heavy atom. The summed E-state index contributed by atoms with van der Waals surface area (Å²) in [5, 5.41) is 0. The Morgan fingerprint density at radius 2 is 1.70 bits per heavy atom. The molecule has 120 valence electrons. The van der Waals surface area contributed by atoms with Crippen LogP contribution in [-0.2, 0) is 16.0 Å². The molecule has 0 N–H and O–H groups in total. The number of ether oxygens (including phenoxy) is 1. The highest BCUT2D eigenvalue weighted by molar-refractivity contribution is 5.79. The van der Waals surface area contributed by atoms with E-state index in [0.717, 1.165) is 11.1 Å². The van der Waals surface area contributed by atoms with E-state index in [1.165, 1.54) is 0 Å². The first-order chi connectivity index (χ1) is 11.1. The predicted molar refractivity (Wildman–Crippen MR) is 91.1 cm³/mol. The summed E-state index contributed by atoms with van der Waals surface area (Å²) >= 11 is 0. The van der Waals surface area contributed by atoms with E-state index in [0.29, 0.717) is 19.6 Å². The van der Waals surface area contributed by atoms with Crippen molar-refractivity contribution in [3.05, 3.63) is 71.8 Å². The average molecular weight is 309 g/mol. The third kappa shape index (κ3) is 3.62. The minimum Gasteiger partial charge on any atom is -0.369 e. The van der Waals surface area contributed by atoms with Crippen molar-refractivity contribution in [1.82, 2.24) is 4.90 Å². The molecule has 1 unspecified atom stereocenters. The normalized spacial score (nSPS) is 20.3. The van der Waals surface area contributed by atoms with Gasteiger partial charge in [0.05, 0.1) is 25.1 Å². The van der Waals surface area contributed by atoms with Crippen LogP contribution in [0.3, 0.4) is 0 Å². The fourth-order valence-electron chi connectivity index (χ4n) is 3.02. The molecule has 2 aromatic rings. The molecule has 3 heteroatoms. The van der Waals surface area contributed by atoms with Gasteiger partial charge in [0, 0.05) is 0 Å². The van der Waals surface area contributed by atoms with Crippen LogP contribution in [0.25, 0.3) is 0 Å². The molecule has 2 aromatic carbocycles. The van der Waals surface area contributed by atoms with Crippen molar-refractivity contribution in [2.45, 2.75) is 31.9 Å². The molecule has 1 atom stereocenters. The summed E-state index contributed by atoms with van der Waals surface area (Å²) in [6.45, 7) is 5.28. The maximum Gasteiger partial charge on any atom is 0.227 e. The number of morpholine rings is 1. The minimum atomic E-state index is -0.281. The first-order valence-electron chi connectivity index (χ1n) is 8.07. The number of nitrogens with zero attached hydrogens (tertiary/aromatic N) is 1. The fourth-order valence-corrected chi connectivity index (χ4v) is 3.02. The molecule has 1 fully saturated rings. The summed E-state index contributed by atoms with van der Waals surface area (Å²) in [5.41, 5.74) is 1.90. The molecule has 0 aliphatic carbocycles. The molecule has 23 heavy (non-hydrogen) atoms. The molecule has 1 aliphatic rings. The zero-order valence-electron chi connectivity index (χ0n) is 13.7. The van der Waals surface area contributed by atoms with Crippen molar-refractivity contribution in [3.8, 4) is 0 Å². The van der Waals surface area contributed by atoms with Crippen LogP contribution in [0.2, 0.25) is 0 Å². The molecule has 0 saturated carbocycles. The van der Waals surface area contributed by atoms with Crippen molar-refractivity contribution in [3.63, 3.8) is 0 Å². The summed E-state index contributed by atoms with van der Waals surface area (Å²) in [6, 6.07) is 20.0. The molecule has 0 bridgehead atoms. The van der Waals surface area contributed by atoms with Gasteiger partial charge in [0.2, 0.25) is 5.91 Å². The van der Waals surface area contributed by atoms with Gasteiger partial charge in [-0.25, -0.2) is 0 Å². The SMILES string of the molecule is CC1(C)COC(c2ccccc2)CN1C(=O)Cc1ccccc1. The third-order valence-electron chi connectivity index (χ3n) is 4.39. The second-order valence-electron chi connectivity index (χ2n) is 6.69. The third-order valence-corrected chi connectivity index (χ3v) is 4.39. The number of hydrogen-bond acceptors (Lipinski definition) is 2. The summed E-state index contributed by atoms with van der Waals surface area (Å²) in [4.78, 5) is 14.8. The zero-order chi connectivity index (χ0) is 16.3. The summed E-state index contributed by atoms with van der Waals surface area (Å²) in [5.74, 6) is 0.158. The van der Waals surface area contributed by atoms with Crippen molar-refractivity contribution >= 4 is 5.91 Å². The topological polar surface area (TPSA) is 29.5 Å². The van der Waals surface area contributed by atoms with Crippen LogP contribution < -0.4 is 0 Å². The predicted octanol–water partition coefficient (Wildman–Crippen LogP) is 3.61. The monoisotopic (exact) mass is 309 g/mol. The van der Waals surface area contributed by atoms with Crippen molar-refractivity contribution in [1.29, 1.82) is 0 Å². The number of carbonyl (C=O) groups excluding carboxylic acids is 1. The van der Waals surface area contributed by atoms with E-state index < -0.39 is 0 Å². The summed E-state index contributed by atoms with van der Waals surface area (Å²) < 4.78 is 6.02. The van der Waals surface area contributed by atoms with Gasteiger partial charge in [0.1, 0.15) is 6.10 Å². The van der Waals surface area contributed by atoms with Gasteiger partial charge in [0.15, 0.2) is 0 Å². The quantitative estimate of drug-likeness (QED) is 0.867. The van der Waals surface area contributed by atoms with E-state index in [4.69, 9.17) is 4.74 Å². The van der Waals surface area contributed by atoms with E-state index in [1.54, 1.807) is 0 Å². The zero-order valence-corrected chi connectivity index (χ0v) is 13.7. The molecule has 1 aliphatic heterocycles. The highest BCUT2D eigenvalue weighted by Crippen LogP contribution is 2.30. The van der Waals surface area contributed by atoms with Crippen LogP contribution >= 0.6 is 0 Å². The molecule has 3 rings (SSSR count). The van der Waals surface area contributed by atoms with E-state index >= 15 is 0 Å². The van der Waals surface area contributed by atoms with E-state index in [9.17, 15) is 4.79 Å². The van der Waals surface area contributed by atoms with Crippen LogP contribution in [0.15, 0.2) is 60.7 Å². The molecule has 1 saturated heterocycles. The highest BCUT2D eigenvalue weighted by atomic mass is 16.5. The smallest absolute Gasteiger partial charge is 0.227 e. The number of benzene rings is 2. The van der Waals surface area contributed by atoms with Gasteiger partial charge >= 0.3 is 0 Å². The molecule has 0 radical (unpaired) electrons. The lowest BCUT2D eigenvalue weighted by atomic mass is 9.97. The molecular weight excluding hydrogens is 286 g/mol. The number of hydrogen-bond donors (Lipinski definition) is 0. The molecule has 0 spiro atoms. The minimum absolute atomic E-state index is 0.0519. The van der Waals surface area contributed by atoms with Gasteiger partial charge in [-0.15, -0.1) is 0 Å². The second-order valence-corrected chi connectivity index (χ2v) is 6.69. The summed E-state index contributed by atoms with van der Waals surface area (Å²) in [7, 11) is 0. The maximum absolute atomic E-state index is 12.8. The lowest BCUT2D eigenvalue weighted by molar-refractivity contribution is -0.154. The van der Waals surface area contributed by atoms with E-state index in [2.05, 4.69) is 26.0 Å². The first kappa shape index (κ1) is 15.8. The Hall–Kier alpha value is -2.13. The maximum atomic E-state index is 12.8. The van der Waals surface area contributed by atoms with Crippen LogP contribution in [0.4, 0.5) is 0 Å². The molecule has 3 nitrogen and oxygen atoms in total. The van der Waals surface area contributed by atoms with Crippen LogP contribution in [0.5, 0.6) is 0 Å². The van der Waals surface area contributed by atoms with E-state index in [-0.39, 0.29) is 17.6 Å². The summed E-state index contributed by atoms with van der Waals surface area (Å²) in [6.07, 6.45) is 0.384. The van der Waals surface area contributed by atoms with Gasteiger partial charge in [-0.2, -0.15) is 0 Å².